The molecule has 0 radical (unpaired) electrons. The Morgan fingerprint density at radius 3 is 2.56 bits per heavy atom. The topological polar surface area (TPSA) is 73.4 Å². The van der Waals surface area contributed by atoms with E-state index in [1.807, 2.05) is 5.32 Å². The van der Waals surface area contributed by atoms with Gasteiger partial charge in [0.2, 0.25) is 0 Å². The first-order chi connectivity index (χ1) is 4.16. The predicted molar refractivity (Wildman–Crippen MR) is 36.0 cm³/mol. The maximum Gasteiger partial charge on any atom is 0.410 e. The Balaban J connectivity index is 3.39. The molecule has 0 spiro atoms. The van der Waals surface area contributed by atoms with Crippen molar-refractivity contribution in [1.82, 2.24) is 16.2 Å². The van der Waals surface area contributed by atoms with Gasteiger partial charge in [-0.1, -0.05) is 0 Å². The van der Waals surface area contributed by atoms with Crippen LogP contribution in [-0.4, -0.2) is 23.4 Å². The van der Waals surface area contributed by atoms with Crippen LogP contribution in [0.3, 0.4) is 0 Å². The van der Waals surface area contributed by atoms with Crippen molar-refractivity contribution in [2.24, 2.45) is 0 Å². The monoisotopic (exact) mass is 149 g/mol. The van der Waals surface area contributed by atoms with Gasteiger partial charge in [-0.25, -0.2) is 10.2 Å². The molecule has 6 heteroatoms. The molecule has 0 rings (SSSR count). The van der Waals surface area contributed by atoms with Crippen LogP contribution in [0.4, 0.5) is 4.79 Å². The van der Waals surface area contributed by atoms with E-state index in [4.69, 9.17) is 5.11 Å². The van der Waals surface area contributed by atoms with Crippen molar-refractivity contribution in [2.75, 3.05) is 7.05 Å². The molecular formula is C3H7N3O2S. The number of carboxylic acid groups (broad SMARTS) is 1. The summed E-state index contributed by atoms with van der Waals surface area (Å²) in [7, 11) is 1.58. The molecular weight excluding hydrogens is 142 g/mol. The summed E-state index contributed by atoms with van der Waals surface area (Å²) in [5.74, 6) is 0. The first-order valence-electron chi connectivity index (χ1n) is 2.13. The minimum atomic E-state index is -1.18. The van der Waals surface area contributed by atoms with E-state index < -0.39 is 6.09 Å². The van der Waals surface area contributed by atoms with Gasteiger partial charge in [0, 0.05) is 7.05 Å². The van der Waals surface area contributed by atoms with Gasteiger partial charge >= 0.3 is 6.09 Å². The largest absolute Gasteiger partial charge is 0.465 e. The molecule has 1 amide bonds. The third-order valence-electron chi connectivity index (χ3n) is 0.459. The Bertz CT molecular complexity index is 126. The van der Waals surface area contributed by atoms with Crippen molar-refractivity contribution in [3.8, 4) is 0 Å². The maximum absolute atomic E-state index is 9.82. The summed E-state index contributed by atoms with van der Waals surface area (Å²) in [5.41, 5.74) is 4.82. The summed E-state index contributed by atoms with van der Waals surface area (Å²) in [4.78, 5) is 9.82. The van der Waals surface area contributed by atoms with Crippen LogP contribution < -0.4 is 16.2 Å². The molecule has 0 aromatic rings. The number of hydrogen-bond acceptors (Lipinski definition) is 3. The predicted octanol–water partition coefficient (Wildman–Crippen LogP) is -0.737. The average molecular weight is 149 g/mol. The van der Waals surface area contributed by atoms with Crippen molar-refractivity contribution in [3.05, 3.63) is 0 Å². The summed E-state index contributed by atoms with van der Waals surface area (Å²) >= 11 is 4.46. The van der Waals surface area contributed by atoms with E-state index in [1.165, 1.54) is 0 Å². The van der Waals surface area contributed by atoms with Crippen LogP contribution in [0.2, 0.25) is 0 Å². The van der Waals surface area contributed by atoms with Gasteiger partial charge in [-0.15, -0.1) is 0 Å². The molecule has 0 aliphatic rings. The van der Waals surface area contributed by atoms with Gasteiger partial charge in [-0.2, -0.15) is 0 Å². The minimum Gasteiger partial charge on any atom is -0.465 e. The lowest BCUT2D eigenvalue weighted by Crippen LogP contribution is -2.43. The molecule has 0 aliphatic heterocycles. The standard InChI is InChI=1S/C3H7N3O2S/c1-4-6-2(9)5-3(7)8/h4H,1H3,(H,7,8)(H2,5,6,9). The van der Waals surface area contributed by atoms with E-state index in [2.05, 4.69) is 23.1 Å². The fourth-order valence-electron chi connectivity index (χ4n) is 0.242. The number of hydrazine groups is 1. The zero-order valence-electron chi connectivity index (χ0n) is 4.76. The van der Waals surface area contributed by atoms with Crippen molar-refractivity contribution in [3.63, 3.8) is 0 Å². The van der Waals surface area contributed by atoms with Crippen molar-refractivity contribution < 1.29 is 9.90 Å². The average Bonchev–Trinajstić information content (AvgIpc) is 1.63. The molecule has 0 heterocycles. The van der Waals surface area contributed by atoms with E-state index in [0.29, 0.717) is 0 Å². The van der Waals surface area contributed by atoms with Gasteiger partial charge in [0.15, 0.2) is 5.11 Å². The normalized spacial score (nSPS) is 8.11. The summed E-state index contributed by atoms with van der Waals surface area (Å²) in [6, 6.07) is 0. The molecule has 0 saturated carbocycles. The van der Waals surface area contributed by atoms with Crippen molar-refractivity contribution >= 4 is 23.4 Å². The van der Waals surface area contributed by atoms with Crippen molar-refractivity contribution in [2.45, 2.75) is 0 Å². The van der Waals surface area contributed by atoms with E-state index >= 15 is 0 Å². The highest BCUT2D eigenvalue weighted by molar-refractivity contribution is 7.80. The molecule has 0 fully saturated rings. The van der Waals surface area contributed by atoms with Gasteiger partial charge < -0.3 is 5.11 Å². The van der Waals surface area contributed by atoms with Gasteiger partial charge in [0.05, 0.1) is 0 Å². The van der Waals surface area contributed by atoms with E-state index in [0.717, 1.165) is 0 Å². The number of rotatable bonds is 1. The second kappa shape index (κ2) is 4.04. The van der Waals surface area contributed by atoms with Crippen LogP contribution in [0.1, 0.15) is 0 Å². The Kier molecular flexibility index (Phi) is 3.65. The molecule has 4 N–H and O–H groups in total. The second-order valence-corrected chi connectivity index (χ2v) is 1.54. The Hall–Kier alpha value is -0.880. The van der Waals surface area contributed by atoms with E-state index in [9.17, 15) is 4.79 Å². The number of nitrogens with one attached hydrogen (secondary N) is 3. The Morgan fingerprint density at radius 2 is 2.22 bits per heavy atom. The van der Waals surface area contributed by atoms with E-state index in [1.54, 1.807) is 7.05 Å². The molecule has 9 heavy (non-hydrogen) atoms. The fraction of sp³-hybridized carbons (Fsp3) is 0.333. The van der Waals surface area contributed by atoms with Gasteiger partial charge in [-0.3, -0.25) is 10.7 Å². The lowest BCUT2D eigenvalue weighted by molar-refractivity contribution is 0.200. The van der Waals surface area contributed by atoms with Crippen molar-refractivity contribution in [1.29, 1.82) is 0 Å². The highest BCUT2D eigenvalue weighted by Crippen LogP contribution is 1.62. The second-order valence-electron chi connectivity index (χ2n) is 1.13. The summed E-state index contributed by atoms with van der Waals surface area (Å²) in [6.07, 6.45) is -1.18. The fourth-order valence-corrected chi connectivity index (χ4v) is 0.431. The van der Waals surface area contributed by atoms with Crippen LogP contribution in [0, 0.1) is 0 Å². The highest BCUT2D eigenvalue weighted by atomic mass is 32.1. The van der Waals surface area contributed by atoms with Crippen LogP contribution in [0.15, 0.2) is 0 Å². The number of amides is 1. The Labute approximate surface area is 57.4 Å². The number of hydrogen-bond donors (Lipinski definition) is 4. The van der Waals surface area contributed by atoms with Crippen LogP contribution in [0.25, 0.3) is 0 Å². The summed E-state index contributed by atoms with van der Waals surface area (Å²) in [6.45, 7) is 0. The molecule has 0 aromatic heterocycles. The van der Waals surface area contributed by atoms with E-state index in [-0.39, 0.29) is 5.11 Å². The lowest BCUT2D eigenvalue weighted by Gasteiger charge is -2.02. The number of thiocarbonyl (C=S) groups is 1. The molecule has 5 nitrogen and oxygen atoms in total. The lowest BCUT2D eigenvalue weighted by atomic mass is 11.0. The molecule has 0 atom stereocenters. The first kappa shape index (κ1) is 8.12. The van der Waals surface area contributed by atoms with Crippen LogP contribution >= 0.6 is 12.2 Å². The number of carbonyl (C=O) groups is 1. The summed E-state index contributed by atoms with van der Waals surface area (Å²) in [5, 5.41) is 9.99. The first-order valence-corrected chi connectivity index (χ1v) is 2.54. The molecule has 0 unspecified atom stereocenters. The molecule has 0 bridgehead atoms. The van der Waals surface area contributed by atoms with Crippen LogP contribution in [0.5, 0.6) is 0 Å². The van der Waals surface area contributed by atoms with Crippen LogP contribution in [-0.2, 0) is 0 Å². The zero-order chi connectivity index (χ0) is 7.28. The summed E-state index contributed by atoms with van der Waals surface area (Å²) < 4.78 is 0. The minimum absolute atomic E-state index is 0.0324. The molecule has 0 aromatic carbocycles. The molecule has 52 valence electrons. The maximum atomic E-state index is 9.82. The Morgan fingerprint density at radius 1 is 1.67 bits per heavy atom. The SMILES string of the molecule is CNNC(=S)NC(=O)O. The third-order valence-corrected chi connectivity index (χ3v) is 0.663. The molecule has 0 aliphatic carbocycles. The smallest absolute Gasteiger partial charge is 0.410 e. The molecule has 0 saturated heterocycles. The highest BCUT2D eigenvalue weighted by Gasteiger charge is 1.96. The quantitative estimate of drug-likeness (QED) is 0.292. The zero-order valence-corrected chi connectivity index (χ0v) is 5.58. The van der Waals surface area contributed by atoms with Gasteiger partial charge in [0.25, 0.3) is 0 Å². The van der Waals surface area contributed by atoms with Gasteiger partial charge in [0.1, 0.15) is 0 Å². The third kappa shape index (κ3) is 4.98. The van der Waals surface area contributed by atoms with Gasteiger partial charge in [-0.05, 0) is 12.2 Å².